The molecule has 0 unspecified atom stereocenters. The highest BCUT2D eigenvalue weighted by Gasteiger charge is 2.25. The molecule has 27 heavy (non-hydrogen) atoms. The van der Waals surface area contributed by atoms with Crippen LogP contribution in [0, 0.1) is 5.92 Å². The molecule has 4 rings (SSSR count). The monoisotopic (exact) mass is 367 g/mol. The average Bonchev–Trinajstić information content (AvgIpc) is 2.72. The molecular formula is C21H29N5O. The van der Waals surface area contributed by atoms with Gasteiger partial charge in [0.2, 0.25) is 5.91 Å². The molecule has 2 aliphatic heterocycles. The van der Waals surface area contributed by atoms with Gasteiger partial charge in [-0.2, -0.15) is 0 Å². The predicted molar refractivity (Wildman–Crippen MR) is 108 cm³/mol. The molecule has 2 aliphatic rings. The molecule has 2 saturated heterocycles. The van der Waals surface area contributed by atoms with Crippen LogP contribution in [-0.4, -0.2) is 72.0 Å². The summed E-state index contributed by atoms with van der Waals surface area (Å²) in [5, 5.41) is 1.12. The van der Waals surface area contributed by atoms with Crippen LogP contribution < -0.4 is 4.90 Å². The summed E-state index contributed by atoms with van der Waals surface area (Å²) in [6.45, 7) is 5.74. The first kappa shape index (κ1) is 18.2. The van der Waals surface area contributed by atoms with E-state index in [9.17, 15) is 4.79 Å². The fourth-order valence-corrected chi connectivity index (χ4v) is 4.28. The third-order valence-electron chi connectivity index (χ3n) is 5.96. The third-order valence-corrected chi connectivity index (χ3v) is 5.96. The number of piperidine rings is 1. The van der Waals surface area contributed by atoms with Crippen LogP contribution in [0.25, 0.3) is 10.9 Å². The Bertz CT molecular complexity index is 782. The van der Waals surface area contributed by atoms with Crippen molar-refractivity contribution in [1.29, 1.82) is 0 Å². The molecule has 144 valence electrons. The second-order valence-corrected chi connectivity index (χ2v) is 7.89. The fraction of sp³-hybridized carbons (Fsp3) is 0.571. The Balaban J connectivity index is 1.36. The molecular weight excluding hydrogens is 338 g/mol. The summed E-state index contributed by atoms with van der Waals surface area (Å²) in [7, 11) is 2.12. The van der Waals surface area contributed by atoms with Gasteiger partial charge in [0.15, 0.2) is 0 Å². The maximum absolute atomic E-state index is 12.5. The quantitative estimate of drug-likeness (QED) is 0.831. The molecule has 1 aromatic carbocycles. The minimum atomic E-state index is 0.327. The van der Waals surface area contributed by atoms with Crippen LogP contribution in [0.1, 0.15) is 25.7 Å². The van der Waals surface area contributed by atoms with E-state index in [1.165, 1.54) is 6.42 Å². The van der Waals surface area contributed by atoms with Crippen LogP contribution >= 0.6 is 0 Å². The molecule has 0 saturated carbocycles. The second-order valence-electron chi connectivity index (χ2n) is 7.89. The minimum Gasteiger partial charge on any atom is -0.356 e. The smallest absolute Gasteiger partial charge is 0.222 e. The Kier molecular flexibility index (Phi) is 5.53. The molecule has 0 N–H and O–H groups in total. The van der Waals surface area contributed by atoms with Crippen molar-refractivity contribution in [1.82, 2.24) is 19.8 Å². The molecule has 3 heterocycles. The molecule has 2 aromatic rings. The average molecular weight is 367 g/mol. The maximum atomic E-state index is 12.5. The SMILES string of the molecule is CN1CCN(C(=O)CC[C@H]2CCCN(c3ncnc4ccccc34)C2)CC1. The number of piperazine rings is 1. The van der Waals surface area contributed by atoms with Crippen molar-refractivity contribution in [3.63, 3.8) is 0 Å². The van der Waals surface area contributed by atoms with Gasteiger partial charge in [-0.05, 0) is 44.4 Å². The number of fused-ring (bicyclic) bond motifs is 1. The van der Waals surface area contributed by atoms with Crippen molar-refractivity contribution in [3.05, 3.63) is 30.6 Å². The number of benzene rings is 1. The molecule has 2 fully saturated rings. The first-order valence-electron chi connectivity index (χ1n) is 10.1. The van der Waals surface area contributed by atoms with Crippen LogP contribution in [0.3, 0.4) is 0 Å². The first-order chi connectivity index (χ1) is 13.2. The highest BCUT2D eigenvalue weighted by molar-refractivity contribution is 5.89. The molecule has 0 aliphatic carbocycles. The Hall–Kier alpha value is -2.21. The van der Waals surface area contributed by atoms with Crippen LogP contribution in [0.4, 0.5) is 5.82 Å². The lowest BCUT2D eigenvalue weighted by Gasteiger charge is -2.35. The molecule has 0 bridgehead atoms. The number of carbonyl (C=O) groups excluding carboxylic acids is 1. The van der Waals surface area contributed by atoms with Crippen molar-refractivity contribution < 1.29 is 4.79 Å². The lowest BCUT2D eigenvalue weighted by molar-refractivity contribution is -0.133. The standard InChI is InChI=1S/C21H29N5O/c1-24-11-13-25(14-12-24)20(27)9-8-17-5-4-10-26(15-17)21-18-6-2-3-7-19(18)22-16-23-21/h2-3,6-7,16-17H,4-5,8-15H2,1H3/t17-/m1/s1. The van der Waals surface area contributed by atoms with Gasteiger partial charge in [-0.1, -0.05) is 12.1 Å². The number of likely N-dealkylation sites (N-methyl/N-ethyl adjacent to an activating group) is 1. The predicted octanol–water partition coefficient (Wildman–Crippen LogP) is 2.40. The largest absolute Gasteiger partial charge is 0.356 e. The number of carbonyl (C=O) groups is 1. The van der Waals surface area contributed by atoms with E-state index in [0.717, 1.165) is 68.8 Å². The minimum absolute atomic E-state index is 0.327. The molecule has 1 aromatic heterocycles. The number of nitrogens with zero attached hydrogens (tertiary/aromatic N) is 5. The van der Waals surface area contributed by atoms with Gasteiger partial charge in [-0.25, -0.2) is 9.97 Å². The van der Waals surface area contributed by atoms with Gasteiger partial charge >= 0.3 is 0 Å². The topological polar surface area (TPSA) is 52.6 Å². The van der Waals surface area contributed by atoms with E-state index in [-0.39, 0.29) is 0 Å². The zero-order valence-electron chi connectivity index (χ0n) is 16.2. The lowest BCUT2D eigenvalue weighted by Crippen LogP contribution is -2.47. The normalized spacial score (nSPS) is 21.6. The lowest BCUT2D eigenvalue weighted by atomic mass is 9.93. The van der Waals surface area contributed by atoms with Gasteiger partial charge in [0.1, 0.15) is 12.1 Å². The number of rotatable bonds is 4. The van der Waals surface area contributed by atoms with Crippen LogP contribution in [0.2, 0.25) is 0 Å². The Morgan fingerprint density at radius 2 is 1.93 bits per heavy atom. The Morgan fingerprint density at radius 3 is 2.78 bits per heavy atom. The number of aromatic nitrogens is 2. The summed E-state index contributed by atoms with van der Waals surface area (Å²) in [5.41, 5.74) is 0.995. The van der Waals surface area contributed by atoms with E-state index >= 15 is 0 Å². The van der Waals surface area contributed by atoms with Crippen molar-refractivity contribution in [3.8, 4) is 0 Å². The summed E-state index contributed by atoms with van der Waals surface area (Å²) >= 11 is 0. The van der Waals surface area contributed by atoms with Crippen molar-refractivity contribution in [2.24, 2.45) is 5.92 Å². The summed E-state index contributed by atoms with van der Waals surface area (Å²) in [6, 6.07) is 8.20. The van der Waals surface area contributed by atoms with Crippen LogP contribution in [0.15, 0.2) is 30.6 Å². The van der Waals surface area contributed by atoms with E-state index in [2.05, 4.69) is 32.9 Å². The number of hydrogen-bond donors (Lipinski definition) is 0. The number of anilines is 1. The zero-order chi connectivity index (χ0) is 18.6. The molecule has 1 atom stereocenters. The zero-order valence-corrected chi connectivity index (χ0v) is 16.2. The summed E-state index contributed by atoms with van der Waals surface area (Å²) in [6.07, 6.45) is 5.68. The van der Waals surface area contributed by atoms with Crippen LogP contribution in [-0.2, 0) is 4.79 Å². The number of para-hydroxylation sites is 1. The number of hydrogen-bond acceptors (Lipinski definition) is 5. The van der Waals surface area contributed by atoms with Crippen LogP contribution in [0.5, 0.6) is 0 Å². The maximum Gasteiger partial charge on any atom is 0.222 e. The molecule has 6 nitrogen and oxygen atoms in total. The highest BCUT2D eigenvalue weighted by Crippen LogP contribution is 2.29. The first-order valence-corrected chi connectivity index (χ1v) is 10.1. The molecule has 0 spiro atoms. The van der Waals surface area contributed by atoms with Crippen molar-refractivity contribution in [2.75, 3.05) is 51.2 Å². The van der Waals surface area contributed by atoms with Gasteiger partial charge in [0, 0.05) is 51.1 Å². The second kappa shape index (κ2) is 8.21. The third kappa shape index (κ3) is 4.21. The van der Waals surface area contributed by atoms with Gasteiger partial charge in [0.05, 0.1) is 5.52 Å². The summed E-state index contributed by atoms with van der Waals surface area (Å²) in [4.78, 5) is 28.2. The fourth-order valence-electron chi connectivity index (χ4n) is 4.28. The Labute approximate surface area is 161 Å². The van der Waals surface area contributed by atoms with E-state index in [0.29, 0.717) is 18.2 Å². The van der Waals surface area contributed by atoms with Gasteiger partial charge in [-0.3, -0.25) is 4.79 Å². The van der Waals surface area contributed by atoms with E-state index in [1.54, 1.807) is 6.33 Å². The van der Waals surface area contributed by atoms with Gasteiger partial charge < -0.3 is 14.7 Å². The summed E-state index contributed by atoms with van der Waals surface area (Å²) in [5.74, 6) is 1.92. The highest BCUT2D eigenvalue weighted by atomic mass is 16.2. The van der Waals surface area contributed by atoms with Gasteiger partial charge in [-0.15, -0.1) is 0 Å². The molecule has 1 amide bonds. The molecule has 0 radical (unpaired) electrons. The van der Waals surface area contributed by atoms with Crippen molar-refractivity contribution >= 4 is 22.6 Å². The Morgan fingerprint density at radius 1 is 1.11 bits per heavy atom. The summed E-state index contributed by atoms with van der Waals surface area (Å²) < 4.78 is 0. The number of amides is 1. The van der Waals surface area contributed by atoms with E-state index < -0.39 is 0 Å². The van der Waals surface area contributed by atoms with Crippen molar-refractivity contribution in [2.45, 2.75) is 25.7 Å². The van der Waals surface area contributed by atoms with E-state index in [1.807, 2.05) is 23.1 Å². The molecule has 6 heteroatoms. The van der Waals surface area contributed by atoms with E-state index in [4.69, 9.17) is 0 Å². The van der Waals surface area contributed by atoms with Gasteiger partial charge in [0.25, 0.3) is 0 Å².